The lowest BCUT2D eigenvalue weighted by Gasteiger charge is -2.20. The third-order valence-electron chi connectivity index (χ3n) is 4.35. The van der Waals surface area contributed by atoms with Gasteiger partial charge in [0.2, 0.25) is 0 Å². The minimum atomic E-state index is -4.26. The van der Waals surface area contributed by atoms with Crippen LogP contribution in [0, 0.1) is 0 Å². The smallest absolute Gasteiger partial charge is 0.282 e. The van der Waals surface area contributed by atoms with Gasteiger partial charge in [0.15, 0.2) is 0 Å². The summed E-state index contributed by atoms with van der Waals surface area (Å²) in [7, 11) is -4.26. The van der Waals surface area contributed by atoms with Crippen LogP contribution in [0.2, 0.25) is 0 Å². The van der Waals surface area contributed by atoms with E-state index in [1.54, 1.807) is 0 Å². The van der Waals surface area contributed by atoms with Crippen LogP contribution in [0.4, 0.5) is 0 Å². The fraction of sp³-hybridized carbons (Fsp3) is 0.474. The molecule has 0 aliphatic rings. The molecule has 0 aliphatic carbocycles. The number of benzene rings is 2. The Bertz CT molecular complexity index is 831. The van der Waals surface area contributed by atoms with Crippen molar-refractivity contribution in [2.75, 3.05) is 0 Å². The van der Waals surface area contributed by atoms with Gasteiger partial charge in [-0.2, -0.15) is 8.42 Å². The van der Waals surface area contributed by atoms with E-state index in [0.717, 1.165) is 16.5 Å². The van der Waals surface area contributed by atoms with Crippen molar-refractivity contribution in [1.82, 2.24) is 0 Å². The average Bonchev–Trinajstić information content (AvgIpc) is 2.43. The quantitative estimate of drug-likeness (QED) is 0.756. The molecule has 0 fully saturated rings. The molecule has 23 heavy (non-hydrogen) atoms. The average molecular weight is 334 g/mol. The van der Waals surface area contributed by atoms with Crippen molar-refractivity contribution >= 4 is 20.9 Å². The fourth-order valence-corrected chi connectivity index (χ4v) is 3.76. The lowest BCUT2D eigenvalue weighted by atomic mass is 9.86. The molecule has 0 heterocycles. The molecule has 2 aromatic carbocycles. The SMILES string of the molecule is CC(C)c1cc(C(C)C)c2c(S(=O)(=O)O)ccc(C(C)C)c2c1. The molecule has 2 rings (SSSR count). The Hall–Kier alpha value is -1.39. The number of hydrogen-bond donors (Lipinski definition) is 1. The maximum Gasteiger partial charge on any atom is 0.295 e. The third kappa shape index (κ3) is 3.43. The van der Waals surface area contributed by atoms with Crippen LogP contribution in [0.1, 0.15) is 76.0 Å². The van der Waals surface area contributed by atoms with Gasteiger partial charge in [-0.3, -0.25) is 4.55 Å². The van der Waals surface area contributed by atoms with Crippen LogP contribution >= 0.6 is 0 Å². The lowest BCUT2D eigenvalue weighted by molar-refractivity contribution is 0.484. The lowest BCUT2D eigenvalue weighted by Crippen LogP contribution is -2.05. The zero-order valence-electron chi connectivity index (χ0n) is 14.7. The zero-order valence-corrected chi connectivity index (χ0v) is 15.5. The number of rotatable bonds is 4. The topological polar surface area (TPSA) is 54.4 Å². The van der Waals surface area contributed by atoms with E-state index in [-0.39, 0.29) is 16.7 Å². The van der Waals surface area contributed by atoms with Crippen LogP contribution in [-0.2, 0) is 10.1 Å². The maximum absolute atomic E-state index is 11.9. The molecule has 0 radical (unpaired) electrons. The van der Waals surface area contributed by atoms with Gasteiger partial charge < -0.3 is 0 Å². The van der Waals surface area contributed by atoms with Crippen molar-refractivity contribution in [3.63, 3.8) is 0 Å². The molecule has 3 nitrogen and oxygen atoms in total. The van der Waals surface area contributed by atoms with Crippen LogP contribution in [-0.4, -0.2) is 13.0 Å². The van der Waals surface area contributed by atoms with Gasteiger partial charge in [-0.15, -0.1) is 0 Å². The second kappa shape index (κ2) is 6.25. The first kappa shape index (κ1) is 18.0. The van der Waals surface area contributed by atoms with Crippen LogP contribution < -0.4 is 0 Å². The van der Waals surface area contributed by atoms with Gasteiger partial charge in [-0.25, -0.2) is 0 Å². The molecule has 2 aromatic rings. The van der Waals surface area contributed by atoms with Gasteiger partial charge in [-0.05, 0) is 45.9 Å². The highest BCUT2D eigenvalue weighted by Gasteiger charge is 2.22. The van der Waals surface area contributed by atoms with Crippen LogP contribution in [0.3, 0.4) is 0 Å². The largest absolute Gasteiger partial charge is 0.295 e. The molecule has 0 saturated carbocycles. The summed E-state index contributed by atoms with van der Waals surface area (Å²) in [6.45, 7) is 12.6. The third-order valence-corrected chi connectivity index (χ3v) is 5.25. The van der Waals surface area contributed by atoms with E-state index in [4.69, 9.17) is 0 Å². The zero-order chi connectivity index (χ0) is 17.5. The summed E-state index contributed by atoms with van der Waals surface area (Å²) < 4.78 is 33.4. The first-order valence-corrected chi connectivity index (χ1v) is 9.56. The second-order valence-electron chi connectivity index (χ2n) is 7.12. The molecule has 126 valence electrons. The molecule has 0 aromatic heterocycles. The van der Waals surface area contributed by atoms with E-state index in [1.165, 1.54) is 11.6 Å². The highest BCUT2D eigenvalue weighted by Crippen LogP contribution is 2.38. The van der Waals surface area contributed by atoms with Crippen molar-refractivity contribution < 1.29 is 13.0 Å². The Morgan fingerprint density at radius 2 is 1.39 bits per heavy atom. The standard InChI is InChI=1S/C19H26O3S/c1-11(2)14-9-16(13(5)6)19-17(10-14)15(12(3)4)7-8-18(19)23(20,21)22/h7-13H,1-6H3,(H,20,21,22). The molecule has 0 saturated heterocycles. The molecule has 0 unspecified atom stereocenters. The van der Waals surface area contributed by atoms with Gasteiger partial charge in [0, 0.05) is 5.39 Å². The predicted octanol–water partition coefficient (Wildman–Crippen LogP) is 5.46. The summed E-state index contributed by atoms with van der Waals surface area (Å²) >= 11 is 0. The fourth-order valence-electron chi connectivity index (χ4n) is 3.04. The molecule has 0 bridgehead atoms. The highest BCUT2D eigenvalue weighted by molar-refractivity contribution is 7.86. The van der Waals surface area contributed by atoms with Gasteiger partial charge >= 0.3 is 0 Å². The molecule has 0 amide bonds. The summed E-state index contributed by atoms with van der Waals surface area (Å²) in [5.74, 6) is 0.792. The van der Waals surface area contributed by atoms with Crippen molar-refractivity contribution in [3.05, 3.63) is 41.0 Å². The van der Waals surface area contributed by atoms with Crippen molar-refractivity contribution in [2.45, 2.75) is 64.2 Å². The van der Waals surface area contributed by atoms with Gasteiger partial charge in [0.1, 0.15) is 4.90 Å². The summed E-state index contributed by atoms with van der Waals surface area (Å²) in [5, 5.41) is 1.60. The summed E-state index contributed by atoms with van der Waals surface area (Å²) in [5.41, 5.74) is 3.27. The first-order valence-electron chi connectivity index (χ1n) is 8.12. The van der Waals surface area contributed by atoms with Gasteiger partial charge in [0.25, 0.3) is 10.1 Å². The van der Waals surface area contributed by atoms with E-state index in [9.17, 15) is 13.0 Å². The molecule has 0 aliphatic heterocycles. The van der Waals surface area contributed by atoms with Gasteiger partial charge in [0.05, 0.1) is 0 Å². The van der Waals surface area contributed by atoms with Crippen molar-refractivity contribution in [3.8, 4) is 0 Å². The van der Waals surface area contributed by atoms with E-state index >= 15 is 0 Å². The number of fused-ring (bicyclic) bond motifs is 1. The van der Waals surface area contributed by atoms with Crippen molar-refractivity contribution in [2.24, 2.45) is 0 Å². The molecule has 0 atom stereocenters. The second-order valence-corrected chi connectivity index (χ2v) is 8.51. The summed E-state index contributed by atoms with van der Waals surface area (Å²) in [6.07, 6.45) is 0. The Labute approximate surface area is 139 Å². The molecule has 0 spiro atoms. The Kier molecular flexibility index (Phi) is 4.88. The molecular weight excluding hydrogens is 308 g/mol. The van der Waals surface area contributed by atoms with E-state index in [0.29, 0.717) is 11.3 Å². The van der Waals surface area contributed by atoms with Crippen LogP contribution in [0.15, 0.2) is 29.2 Å². The van der Waals surface area contributed by atoms with Crippen molar-refractivity contribution in [1.29, 1.82) is 0 Å². The Morgan fingerprint density at radius 1 is 0.826 bits per heavy atom. The Morgan fingerprint density at radius 3 is 1.83 bits per heavy atom. The summed E-state index contributed by atoms with van der Waals surface area (Å²) in [4.78, 5) is 0.0101. The minimum absolute atomic E-state index is 0.0101. The minimum Gasteiger partial charge on any atom is -0.282 e. The van der Waals surface area contributed by atoms with Crippen LogP contribution in [0.5, 0.6) is 0 Å². The van der Waals surface area contributed by atoms with Crippen LogP contribution in [0.25, 0.3) is 10.8 Å². The Balaban J connectivity index is 3.08. The maximum atomic E-state index is 11.9. The molecule has 1 N–H and O–H groups in total. The van der Waals surface area contributed by atoms with E-state index < -0.39 is 10.1 Å². The normalized spacial score (nSPS) is 12.8. The van der Waals surface area contributed by atoms with E-state index in [1.807, 2.05) is 6.07 Å². The highest BCUT2D eigenvalue weighted by atomic mass is 32.2. The molecular formula is C19H26O3S. The predicted molar refractivity (Wildman–Crippen MR) is 96.0 cm³/mol. The molecule has 4 heteroatoms. The van der Waals surface area contributed by atoms with Gasteiger partial charge in [-0.1, -0.05) is 59.7 Å². The number of hydrogen-bond acceptors (Lipinski definition) is 2. The first-order chi connectivity index (χ1) is 10.5. The summed E-state index contributed by atoms with van der Waals surface area (Å²) in [6, 6.07) is 7.52. The van der Waals surface area contributed by atoms with E-state index in [2.05, 4.69) is 53.7 Å². The monoisotopic (exact) mass is 334 g/mol.